The van der Waals surface area contributed by atoms with Gasteiger partial charge in [0.25, 0.3) is 0 Å². The van der Waals surface area contributed by atoms with Gasteiger partial charge in [0.1, 0.15) is 5.84 Å². The molecule has 0 fully saturated rings. The van der Waals surface area contributed by atoms with Gasteiger partial charge < -0.3 is 5.73 Å². The fourth-order valence-corrected chi connectivity index (χ4v) is 0.852. The summed E-state index contributed by atoms with van der Waals surface area (Å²) < 4.78 is 0. The number of benzene rings is 1. The van der Waals surface area contributed by atoms with Crippen molar-refractivity contribution in [2.75, 3.05) is 0 Å². The summed E-state index contributed by atoms with van der Waals surface area (Å²) >= 11 is 5.64. The van der Waals surface area contributed by atoms with Gasteiger partial charge in [0.15, 0.2) is 0 Å². The fraction of sp³-hybridized carbons (Fsp3) is 0. The zero-order chi connectivity index (χ0) is 7.56. The lowest BCUT2D eigenvalue weighted by molar-refractivity contribution is 1.42. The first-order valence-electron chi connectivity index (χ1n) is 2.72. The maximum absolute atomic E-state index is 7.05. The first-order valence-corrected chi connectivity index (χ1v) is 3.10. The van der Waals surface area contributed by atoms with E-state index in [0.29, 0.717) is 10.6 Å². The largest absolute Gasteiger partial charge is 0.384 e. The Kier molecular flexibility index (Phi) is 1.92. The summed E-state index contributed by atoms with van der Waals surface area (Å²) in [5.41, 5.74) is 5.73. The van der Waals surface area contributed by atoms with Crippen molar-refractivity contribution in [3.63, 3.8) is 0 Å². The second kappa shape index (κ2) is 2.71. The normalized spacial score (nSPS) is 9.30. The Morgan fingerprint density at radius 2 is 2.40 bits per heavy atom. The van der Waals surface area contributed by atoms with Crippen LogP contribution in [0, 0.1) is 11.5 Å². The van der Waals surface area contributed by atoms with E-state index in [1.54, 1.807) is 18.2 Å². The molecule has 0 unspecified atom stereocenters. The zero-order valence-electron chi connectivity index (χ0n) is 5.19. The lowest BCUT2D eigenvalue weighted by atomic mass is 10.2. The first kappa shape index (κ1) is 7.09. The number of nitrogens with one attached hydrogen (secondary N) is 1. The molecule has 3 heteroatoms. The van der Waals surface area contributed by atoms with E-state index < -0.39 is 0 Å². The molecule has 0 saturated carbocycles. The van der Waals surface area contributed by atoms with Crippen molar-refractivity contribution < 1.29 is 0 Å². The number of hydrogen-bond donors (Lipinski definition) is 2. The highest BCUT2D eigenvalue weighted by molar-refractivity contribution is 6.33. The second-order valence-corrected chi connectivity index (χ2v) is 2.19. The van der Waals surface area contributed by atoms with Crippen molar-refractivity contribution in [1.29, 1.82) is 5.41 Å². The predicted molar refractivity (Wildman–Crippen MR) is 41.3 cm³/mol. The topological polar surface area (TPSA) is 49.9 Å². The number of halogens is 1. The van der Waals surface area contributed by atoms with E-state index in [9.17, 15) is 0 Å². The summed E-state index contributed by atoms with van der Waals surface area (Å²) in [5.74, 6) is -0.0261. The molecule has 0 aliphatic heterocycles. The Hall–Kier alpha value is -1.02. The number of amidine groups is 1. The van der Waals surface area contributed by atoms with Gasteiger partial charge in [0.05, 0.1) is 5.02 Å². The average Bonchev–Trinajstić information content (AvgIpc) is 1.88. The van der Waals surface area contributed by atoms with E-state index in [4.69, 9.17) is 22.7 Å². The van der Waals surface area contributed by atoms with Crippen LogP contribution in [0.3, 0.4) is 0 Å². The van der Waals surface area contributed by atoms with Gasteiger partial charge in [-0.1, -0.05) is 23.7 Å². The summed E-state index contributed by atoms with van der Waals surface area (Å²) in [7, 11) is 0. The van der Waals surface area contributed by atoms with Crippen molar-refractivity contribution in [2.24, 2.45) is 5.73 Å². The van der Waals surface area contributed by atoms with Gasteiger partial charge in [-0.05, 0) is 6.07 Å². The molecule has 10 heavy (non-hydrogen) atoms. The average molecular weight is 154 g/mol. The van der Waals surface area contributed by atoms with Crippen molar-refractivity contribution >= 4 is 17.4 Å². The number of nitrogen functional groups attached to an aromatic ring is 1. The lowest BCUT2D eigenvalue weighted by Crippen LogP contribution is -2.11. The van der Waals surface area contributed by atoms with Gasteiger partial charge in [-0.15, -0.1) is 0 Å². The number of rotatable bonds is 1. The molecule has 0 bridgehead atoms. The van der Waals surface area contributed by atoms with Crippen LogP contribution in [0.4, 0.5) is 0 Å². The molecule has 0 aliphatic carbocycles. The minimum absolute atomic E-state index is 0.0261. The van der Waals surface area contributed by atoms with E-state index in [-0.39, 0.29) is 5.84 Å². The van der Waals surface area contributed by atoms with Crippen LogP contribution in [-0.2, 0) is 0 Å². The zero-order valence-corrected chi connectivity index (χ0v) is 5.94. The van der Waals surface area contributed by atoms with Gasteiger partial charge in [-0.3, -0.25) is 5.41 Å². The van der Waals surface area contributed by atoms with Crippen LogP contribution in [0.1, 0.15) is 5.56 Å². The molecule has 51 valence electrons. The van der Waals surface area contributed by atoms with Crippen LogP contribution in [-0.4, -0.2) is 5.84 Å². The molecule has 0 aliphatic rings. The van der Waals surface area contributed by atoms with Gasteiger partial charge in [-0.2, -0.15) is 0 Å². The fourth-order valence-electron chi connectivity index (χ4n) is 0.625. The molecule has 1 rings (SSSR count). The molecular weight excluding hydrogens is 148 g/mol. The van der Waals surface area contributed by atoms with E-state index in [1.807, 2.05) is 0 Å². The van der Waals surface area contributed by atoms with Crippen molar-refractivity contribution in [3.05, 3.63) is 34.9 Å². The molecule has 1 aromatic carbocycles. The second-order valence-electron chi connectivity index (χ2n) is 1.81. The summed E-state index contributed by atoms with van der Waals surface area (Å²) in [6.45, 7) is 0. The van der Waals surface area contributed by atoms with Crippen molar-refractivity contribution in [1.82, 2.24) is 0 Å². The predicted octanol–water partition coefficient (Wildman–Crippen LogP) is 1.42. The molecule has 0 aromatic heterocycles. The van der Waals surface area contributed by atoms with Crippen LogP contribution < -0.4 is 5.73 Å². The number of hydrogen-bond acceptors (Lipinski definition) is 1. The van der Waals surface area contributed by atoms with Crippen LogP contribution in [0.5, 0.6) is 0 Å². The van der Waals surface area contributed by atoms with E-state index in [1.165, 1.54) is 0 Å². The highest BCUT2D eigenvalue weighted by Crippen LogP contribution is 2.12. The van der Waals surface area contributed by atoms with Crippen LogP contribution >= 0.6 is 11.6 Å². The van der Waals surface area contributed by atoms with Crippen LogP contribution in [0.2, 0.25) is 5.02 Å². The Morgan fingerprint density at radius 1 is 1.70 bits per heavy atom. The summed E-state index contributed by atoms with van der Waals surface area (Å²) in [4.78, 5) is 0. The first-order chi connectivity index (χ1) is 4.72. The molecule has 0 saturated heterocycles. The van der Waals surface area contributed by atoms with Gasteiger partial charge >= 0.3 is 0 Å². The van der Waals surface area contributed by atoms with E-state index in [2.05, 4.69) is 6.07 Å². The van der Waals surface area contributed by atoms with Crippen LogP contribution in [0.15, 0.2) is 18.2 Å². The van der Waals surface area contributed by atoms with Gasteiger partial charge in [-0.25, -0.2) is 0 Å². The van der Waals surface area contributed by atoms with Gasteiger partial charge in [0.2, 0.25) is 0 Å². The highest BCUT2D eigenvalue weighted by atomic mass is 35.5. The third kappa shape index (κ3) is 1.28. The smallest absolute Gasteiger partial charge is 0.124 e. The Bertz CT molecular complexity index is 258. The summed E-state index contributed by atoms with van der Waals surface area (Å²) in [5, 5.41) is 7.45. The molecule has 3 N–H and O–H groups in total. The van der Waals surface area contributed by atoms with Crippen molar-refractivity contribution in [2.45, 2.75) is 0 Å². The van der Waals surface area contributed by atoms with E-state index >= 15 is 0 Å². The van der Waals surface area contributed by atoms with E-state index in [0.717, 1.165) is 0 Å². The molecule has 2 nitrogen and oxygen atoms in total. The van der Waals surface area contributed by atoms with Crippen molar-refractivity contribution in [3.8, 4) is 0 Å². The molecule has 1 aromatic rings. The molecule has 0 heterocycles. The lowest BCUT2D eigenvalue weighted by Gasteiger charge is -1.97. The van der Waals surface area contributed by atoms with Gasteiger partial charge in [0, 0.05) is 11.6 Å². The molecular formula is C7H6ClN2. The minimum Gasteiger partial charge on any atom is -0.384 e. The monoisotopic (exact) mass is 153 g/mol. The minimum atomic E-state index is -0.0261. The third-order valence-corrected chi connectivity index (χ3v) is 1.41. The molecule has 0 amide bonds. The standard InChI is InChI=1S/C7H6ClN2/c8-6-4-2-1-3-5(6)7(9)10/h1-3H,(H3,9,10). The third-order valence-electron chi connectivity index (χ3n) is 1.10. The summed E-state index contributed by atoms with van der Waals surface area (Å²) in [6, 6.07) is 7.82. The SMILES string of the molecule is N=C(N)c1ccc[c]c1Cl. The number of nitrogens with two attached hydrogens (primary N) is 1. The highest BCUT2D eigenvalue weighted by Gasteiger charge is 1.99. The van der Waals surface area contributed by atoms with Crippen LogP contribution in [0.25, 0.3) is 0 Å². The molecule has 0 atom stereocenters. The maximum atomic E-state index is 7.05. The Labute approximate surface area is 64.1 Å². The Morgan fingerprint density at radius 3 is 2.80 bits per heavy atom. The Balaban J connectivity index is 3.15. The quantitative estimate of drug-likeness (QED) is 0.465. The summed E-state index contributed by atoms with van der Waals surface area (Å²) in [6.07, 6.45) is 0. The molecule has 1 radical (unpaired) electrons. The molecule has 0 spiro atoms. The maximum Gasteiger partial charge on any atom is 0.124 e.